The largest absolute Gasteiger partial charge is 0.481 e. The zero-order valence-corrected chi connectivity index (χ0v) is 14.3. The molecule has 0 saturated heterocycles. The first kappa shape index (κ1) is 17.6. The Morgan fingerprint density at radius 2 is 1.48 bits per heavy atom. The molecule has 5 nitrogen and oxygen atoms in total. The number of ether oxygens (including phenoxy) is 1. The average Bonchev–Trinajstić information content (AvgIpc) is 2.49. The van der Waals surface area contributed by atoms with Crippen molar-refractivity contribution in [2.24, 2.45) is 0 Å². The van der Waals surface area contributed by atoms with E-state index >= 15 is 0 Å². The molecule has 1 N–H and O–H groups in total. The normalized spacial score (nSPS) is 12.5. The van der Waals surface area contributed by atoms with E-state index in [0.717, 1.165) is 0 Å². The molecule has 2 rings (SSSR count). The molecule has 1 amide bonds. The molecule has 0 aliphatic rings. The summed E-state index contributed by atoms with van der Waals surface area (Å²) in [7, 11) is -3.98. The number of benzene rings is 2. The summed E-state index contributed by atoms with van der Waals surface area (Å²) in [5.74, 6) is -0.379. The van der Waals surface area contributed by atoms with E-state index in [2.05, 4.69) is 0 Å². The van der Waals surface area contributed by atoms with Gasteiger partial charge < -0.3 is 4.74 Å². The third-order valence-corrected chi connectivity index (χ3v) is 4.72. The van der Waals surface area contributed by atoms with Crippen LogP contribution in [0.1, 0.15) is 6.92 Å². The average molecular weight is 374 g/mol. The second-order valence-corrected chi connectivity index (χ2v) is 7.19. The molecular formula is C15H13Cl2NO4S. The maximum Gasteiger partial charge on any atom is 0.274 e. The first-order valence-corrected chi connectivity index (χ1v) is 8.76. The fraction of sp³-hybridized carbons (Fsp3) is 0.133. The molecule has 23 heavy (non-hydrogen) atoms. The topological polar surface area (TPSA) is 72.5 Å². The second kappa shape index (κ2) is 7.21. The molecule has 0 heterocycles. The highest BCUT2D eigenvalue weighted by Gasteiger charge is 2.22. The number of hydrogen-bond acceptors (Lipinski definition) is 4. The monoisotopic (exact) mass is 373 g/mol. The summed E-state index contributed by atoms with van der Waals surface area (Å²) >= 11 is 11.5. The molecule has 2 aromatic rings. The number of carbonyl (C=O) groups is 1. The van der Waals surface area contributed by atoms with Crippen LogP contribution in [0.3, 0.4) is 0 Å². The first-order valence-electron chi connectivity index (χ1n) is 6.52. The SMILES string of the molecule is CC(Oc1ccc(Cl)cc1)C(=O)NS(=O)(=O)c1ccc(Cl)cc1. The number of hydrogen-bond donors (Lipinski definition) is 1. The van der Waals surface area contributed by atoms with Gasteiger partial charge in [0.15, 0.2) is 6.10 Å². The van der Waals surface area contributed by atoms with Crippen LogP contribution in [0.25, 0.3) is 0 Å². The fourth-order valence-electron chi connectivity index (χ4n) is 1.66. The molecule has 0 bridgehead atoms. The van der Waals surface area contributed by atoms with E-state index in [1.807, 2.05) is 4.72 Å². The van der Waals surface area contributed by atoms with Gasteiger partial charge in [0.1, 0.15) is 5.75 Å². The third kappa shape index (κ3) is 4.86. The van der Waals surface area contributed by atoms with Crippen LogP contribution in [0.2, 0.25) is 10.0 Å². The van der Waals surface area contributed by atoms with Crippen molar-refractivity contribution in [3.05, 3.63) is 58.6 Å². The van der Waals surface area contributed by atoms with Crippen molar-refractivity contribution in [1.29, 1.82) is 0 Å². The van der Waals surface area contributed by atoms with Gasteiger partial charge in [0, 0.05) is 10.0 Å². The molecule has 0 saturated carbocycles. The smallest absolute Gasteiger partial charge is 0.274 e. The Morgan fingerprint density at radius 1 is 1.00 bits per heavy atom. The van der Waals surface area contributed by atoms with Crippen molar-refractivity contribution in [2.75, 3.05) is 0 Å². The lowest BCUT2D eigenvalue weighted by atomic mass is 10.3. The zero-order chi connectivity index (χ0) is 17.0. The van der Waals surface area contributed by atoms with Crippen molar-refractivity contribution < 1.29 is 17.9 Å². The summed E-state index contributed by atoms with van der Waals surface area (Å²) < 4.78 is 31.6. The number of rotatable bonds is 5. The molecular weight excluding hydrogens is 361 g/mol. The standard InChI is InChI=1S/C15H13Cl2NO4S/c1-10(22-13-6-2-11(16)3-7-13)15(19)18-23(20,21)14-8-4-12(17)5-9-14/h2-10H,1H3,(H,18,19). The summed E-state index contributed by atoms with van der Waals surface area (Å²) in [5.41, 5.74) is 0. The highest BCUT2D eigenvalue weighted by atomic mass is 35.5. The van der Waals surface area contributed by atoms with Crippen molar-refractivity contribution in [1.82, 2.24) is 4.72 Å². The van der Waals surface area contributed by atoms with Crippen LogP contribution in [-0.4, -0.2) is 20.4 Å². The Morgan fingerprint density at radius 3 is 2.00 bits per heavy atom. The van der Waals surface area contributed by atoms with E-state index in [9.17, 15) is 13.2 Å². The minimum Gasteiger partial charge on any atom is -0.481 e. The Bertz CT molecular complexity index is 789. The zero-order valence-electron chi connectivity index (χ0n) is 12.0. The van der Waals surface area contributed by atoms with Crippen molar-refractivity contribution in [3.8, 4) is 5.75 Å². The minimum atomic E-state index is -3.98. The van der Waals surface area contributed by atoms with Gasteiger partial charge in [-0.2, -0.15) is 0 Å². The molecule has 122 valence electrons. The third-order valence-electron chi connectivity index (χ3n) is 2.85. The van der Waals surface area contributed by atoms with E-state index in [1.54, 1.807) is 24.3 Å². The summed E-state index contributed by atoms with van der Waals surface area (Å²) in [6, 6.07) is 11.8. The molecule has 0 aliphatic carbocycles. The van der Waals surface area contributed by atoms with Crippen LogP contribution in [0, 0.1) is 0 Å². The van der Waals surface area contributed by atoms with Crippen LogP contribution in [0.4, 0.5) is 0 Å². The summed E-state index contributed by atoms with van der Waals surface area (Å²) in [6.07, 6.45) is -1.00. The molecule has 0 spiro atoms. The van der Waals surface area contributed by atoms with Gasteiger partial charge in [0.25, 0.3) is 15.9 Å². The lowest BCUT2D eigenvalue weighted by Crippen LogP contribution is -2.39. The minimum absolute atomic E-state index is 0.0612. The Labute approximate surface area is 144 Å². The van der Waals surface area contributed by atoms with E-state index in [1.165, 1.54) is 31.2 Å². The number of amides is 1. The van der Waals surface area contributed by atoms with E-state index in [-0.39, 0.29) is 4.90 Å². The lowest BCUT2D eigenvalue weighted by Gasteiger charge is -2.15. The van der Waals surface area contributed by atoms with Gasteiger partial charge in [0.2, 0.25) is 0 Å². The summed E-state index contributed by atoms with van der Waals surface area (Å²) in [6.45, 7) is 1.45. The Kier molecular flexibility index (Phi) is 5.51. The summed E-state index contributed by atoms with van der Waals surface area (Å²) in [4.78, 5) is 11.9. The van der Waals surface area contributed by atoms with Crippen molar-refractivity contribution in [3.63, 3.8) is 0 Å². The number of nitrogens with one attached hydrogen (secondary N) is 1. The number of halogens is 2. The van der Waals surface area contributed by atoms with Crippen molar-refractivity contribution in [2.45, 2.75) is 17.9 Å². The maximum absolute atomic E-state index is 12.1. The van der Waals surface area contributed by atoms with Crippen LogP contribution >= 0.6 is 23.2 Å². The van der Waals surface area contributed by atoms with Gasteiger partial charge in [-0.15, -0.1) is 0 Å². The van der Waals surface area contributed by atoms with E-state index < -0.39 is 22.0 Å². The predicted molar refractivity (Wildman–Crippen MR) is 88.3 cm³/mol. The van der Waals surface area contributed by atoms with Gasteiger partial charge >= 0.3 is 0 Å². The molecule has 0 fully saturated rings. The predicted octanol–water partition coefficient (Wildman–Crippen LogP) is 3.27. The van der Waals surface area contributed by atoms with Crippen LogP contribution < -0.4 is 9.46 Å². The lowest BCUT2D eigenvalue weighted by molar-refractivity contribution is -0.125. The fourth-order valence-corrected chi connectivity index (χ4v) is 2.95. The van der Waals surface area contributed by atoms with E-state index in [4.69, 9.17) is 27.9 Å². The van der Waals surface area contributed by atoms with Gasteiger partial charge in [-0.25, -0.2) is 13.1 Å². The molecule has 0 aromatic heterocycles. The molecule has 2 aromatic carbocycles. The summed E-state index contributed by atoms with van der Waals surface area (Å²) in [5, 5.41) is 0.925. The highest BCUT2D eigenvalue weighted by molar-refractivity contribution is 7.90. The van der Waals surface area contributed by atoms with Gasteiger partial charge in [-0.1, -0.05) is 23.2 Å². The van der Waals surface area contributed by atoms with E-state index in [0.29, 0.717) is 15.8 Å². The molecule has 1 unspecified atom stereocenters. The van der Waals surface area contributed by atoms with Gasteiger partial charge in [0.05, 0.1) is 4.90 Å². The van der Waals surface area contributed by atoms with Gasteiger partial charge in [-0.3, -0.25) is 4.79 Å². The van der Waals surface area contributed by atoms with Crippen LogP contribution in [0.15, 0.2) is 53.4 Å². The second-order valence-electron chi connectivity index (χ2n) is 4.64. The Balaban J connectivity index is 2.05. The van der Waals surface area contributed by atoms with Crippen LogP contribution in [0.5, 0.6) is 5.75 Å². The van der Waals surface area contributed by atoms with Crippen molar-refractivity contribution >= 4 is 39.1 Å². The van der Waals surface area contributed by atoms with Crippen LogP contribution in [-0.2, 0) is 14.8 Å². The quantitative estimate of drug-likeness (QED) is 0.872. The first-order chi connectivity index (χ1) is 10.8. The maximum atomic E-state index is 12.1. The molecule has 1 atom stereocenters. The Hall–Kier alpha value is -1.76. The van der Waals surface area contributed by atoms with Gasteiger partial charge in [-0.05, 0) is 55.5 Å². The molecule has 8 heteroatoms. The highest BCUT2D eigenvalue weighted by Crippen LogP contribution is 2.17. The number of sulfonamides is 1. The molecule has 0 radical (unpaired) electrons. The number of carbonyl (C=O) groups excluding carboxylic acids is 1. The molecule has 0 aliphatic heterocycles.